The van der Waals surface area contributed by atoms with Crippen LogP contribution in [0.3, 0.4) is 0 Å². The number of nitrogens with zero attached hydrogens (tertiary/aromatic N) is 5. The molecular weight excluding hydrogens is 330 g/mol. The lowest BCUT2D eigenvalue weighted by Crippen LogP contribution is -2.00. The van der Waals surface area contributed by atoms with E-state index in [1.807, 2.05) is 6.07 Å². The first-order valence-electron chi connectivity index (χ1n) is 6.87. The Kier molecular flexibility index (Phi) is 4.22. The van der Waals surface area contributed by atoms with Gasteiger partial charge in [-0.1, -0.05) is 23.7 Å². The van der Waals surface area contributed by atoms with E-state index in [2.05, 4.69) is 15.2 Å². The largest absolute Gasteiger partial charge is 0.481 e. The van der Waals surface area contributed by atoms with Crippen molar-refractivity contribution >= 4 is 34.7 Å². The zero-order valence-corrected chi connectivity index (χ0v) is 13.0. The van der Waals surface area contributed by atoms with Gasteiger partial charge in [-0.25, -0.2) is 4.98 Å². The van der Waals surface area contributed by atoms with E-state index < -0.39 is 5.97 Å². The Balaban J connectivity index is 2.13. The molecule has 0 atom stereocenters. The molecule has 0 unspecified atom stereocenters. The molecule has 0 aliphatic rings. The van der Waals surface area contributed by atoms with Gasteiger partial charge in [-0.15, -0.1) is 10.2 Å². The summed E-state index contributed by atoms with van der Waals surface area (Å²) in [5.41, 5.74) is 1.53. The summed E-state index contributed by atoms with van der Waals surface area (Å²) in [4.78, 5) is 15.3. The zero-order valence-electron chi connectivity index (χ0n) is 12.2. The van der Waals surface area contributed by atoms with E-state index in [1.54, 1.807) is 47.0 Å². The monoisotopic (exact) mass is 339 g/mol. The number of rotatable bonds is 4. The number of fused-ring (bicyclic) bond motifs is 1. The van der Waals surface area contributed by atoms with E-state index in [1.165, 1.54) is 0 Å². The number of imidazole rings is 1. The third kappa shape index (κ3) is 3.09. The van der Waals surface area contributed by atoms with Crippen LogP contribution in [0.2, 0.25) is 5.02 Å². The highest BCUT2D eigenvalue weighted by Crippen LogP contribution is 2.27. The topological polar surface area (TPSA) is 103 Å². The van der Waals surface area contributed by atoms with Crippen LogP contribution < -0.4 is 0 Å². The van der Waals surface area contributed by atoms with Crippen molar-refractivity contribution < 1.29 is 9.90 Å². The number of aromatic nitrogens is 2. The number of nitriles is 1. The van der Waals surface area contributed by atoms with Gasteiger partial charge in [-0.05, 0) is 24.3 Å². The fraction of sp³-hybridized carbons (Fsp3) is 0.0625. The second-order valence-corrected chi connectivity index (χ2v) is 5.29. The fourth-order valence-electron chi connectivity index (χ4n) is 2.18. The van der Waals surface area contributed by atoms with Gasteiger partial charge in [0.05, 0.1) is 22.7 Å². The van der Waals surface area contributed by atoms with Crippen molar-refractivity contribution in [1.82, 2.24) is 9.38 Å². The lowest BCUT2D eigenvalue weighted by Gasteiger charge is -1.99. The molecule has 0 bridgehead atoms. The number of hydrogen-bond donors (Lipinski definition) is 1. The van der Waals surface area contributed by atoms with Crippen molar-refractivity contribution in [1.29, 1.82) is 5.26 Å². The summed E-state index contributed by atoms with van der Waals surface area (Å²) >= 11 is 5.99. The molecule has 0 saturated heterocycles. The molecule has 0 fully saturated rings. The van der Waals surface area contributed by atoms with E-state index >= 15 is 0 Å². The van der Waals surface area contributed by atoms with Gasteiger partial charge in [-0.3, -0.25) is 9.20 Å². The van der Waals surface area contributed by atoms with E-state index in [4.69, 9.17) is 22.0 Å². The second kappa shape index (κ2) is 6.48. The van der Waals surface area contributed by atoms with Crippen molar-refractivity contribution in [2.75, 3.05) is 0 Å². The van der Waals surface area contributed by atoms with Gasteiger partial charge in [0.15, 0.2) is 5.82 Å². The highest BCUT2D eigenvalue weighted by atomic mass is 35.5. The minimum Gasteiger partial charge on any atom is -0.481 e. The smallest absolute Gasteiger partial charge is 0.309 e. The van der Waals surface area contributed by atoms with Gasteiger partial charge in [0.25, 0.3) is 0 Å². The summed E-state index contributed by atoms with van der Waals surface area (Å²) in [6.07, 6.45) is 1.29. The lowest BCUT2D eigenvalue weighted by molar-refractivity contribution is -0.136. The summed E-state index contributed by atoms with van der Waals surface area (Å²) < 4.78 is 1.57. The molecule has 0 aliphatic carbocycles. The Labute approximate surface area is 141 Å². The van der Waals surface area contributed by atoms with Crippen LogP contribution in [0.4, 0.5) is 11.5 Å². The molecule has 7 nitrogen and oxygen atoms in total. The number of carboxylic acid groups (broad SMARTS) is 1. The summed E-state index contributed by atoms with van der Waals surface area (Å²) in [6, 6.07) is 12.1. The SMILES string of the molecule is N#Cc1ccccc1N=Nc1c(CC(=O)O)nc2ccc(Cl)cn12. The second-order valence-electron chi connectivity index (χ2n) is 4.86. The van der Waals surface area contributed by atoms with Crippen LogP contribution in [0.15, 0.2) is 52.8 Å². The third-order valence-corrected chi connectivity index (χ3v) is 3.45. The van der Waals surface area contributed by atoms with Crippen molar-refractivity contribution in [3.8, 4) is 6.07 Å². The number of aliphatic carboxylic acids is 1. The van der Waals surface area contributed by atoms with Crippen molar-refractivity contribution in [2.24, 2.45) is 10.2 Å². The molecule has 1 aromatic carbocycles. The predicted octanol–water partition coefficient (Wildman–Crippen LogP) is 3.90. The minimum atomic E-state index is -1.03. The first-order valence-corrected chi connectivity index (χ1v) is 7.25. The zero-order chi connectivity index (χ0) is 17.1. The summed E-state index contributed by atoms with van der Waals surface area (Å²) in [7, 11) is 0. The average Bonchev–Trinajstić information content (AvgIpc) is 2.89. The molecule has 0 amide bonds. The molecule has 24 heavy (non-hydrogen) atoms. The standard InChI is InChI=1S/C16H10ClN5O2/c17-11-5-6-14-19-13(7-15(23)24)16(22(14)9-11)21-20-12-4-2-1-3-10(12)8-18/h1-6,9H,7H2,(H,23,24). The van der Waals surface area contributed by atoms with Crippen molar-refractivity contribution in [3.05, 3.63) is 58.9 Å². The Morgan fingerprint density at radius 2 is 2.08 bits per heavy atom. The maximum Gasteiger partial charge on any atom is 0.309 e. The van der Waals surface area contributed by atoms with Crippen molar-refractivity contribution in [3.63, 3.8) is 0 Å². The van der Waals surface area contributed by atoms with Gasteiger partial charge in [-0.2, -0.15) is 5.26 Å². The molecule has 8 heteroatoms. The third-order valence-electron chi connectivity index (χ3n) is 3.22. The van der Waals surface area contributed by atoms with Crippen molar-refractivity contribution in [2.45, 2.75) is 6.42 Å². The molecule has 0 aliphatic heterocycles. The summed E-state index contributed by atoms with van der Waals surface area (Å²) in [6.45, 7) is 0. The van der Waals surface area contributed by atoms with Gasteiger partial charge >= 0.3 is 5.97 Å². The van der Waals surface area contributed by atoms with Crippen LogP contribution in [0.25, 0.3) is 5.65 Å². The van der Waals surface area contributed by atoms with Crippen LogP contribution in [-0.4, -0.2) is 20.5 Å². The van der Waals surface area contributed by atoms with Crippen LogP contribution in [0.1, 0.15) is 11.3 Å². The predicted molar refractivity (Wildman–Crippen MR) is 86.9 cm³/mol. The van der Waals surface area contributed by atoms with Gasteiger partial charge in [0.1, 0.15) is 17.4 Å². The van der Waals surface area contributed by atoms with E-state index in [0.717, 1.165) is 0 Å². The number of halogens is 1. The molecule has 0 radical (unpaired) electrons. The Bertz CT molecular complexity index is 1000. The Morgan fingerprint density at radius 1 is 1.29 bits per heavy atom. The van der Waals surface area contributed by atoms with Gasteiger partial charge < -0.3 is 5.11 Å². The van der Waals surface area contributed by atoms with Crippen LogP contribution in [0, 0.1) is 11.3 Å². The van der Waals surface area contributed by atoms with Crippen LogP contribution >= 0.6 is 11.6 Å². The molecule has 2 heterocycles. The number of benzene rings is 1. The lowest BCUT2D eigenvalue weighted by atomic mass is 10.2. The summed E-state index contributed by atoms with van der Waals surface area (Å²) in [5.74, 6) is -0.763. The van der Waals surface area contributed by atoms with E-state index in [9.17, 15) is 4.79 Å². The molecular formula is C16H10ClN5O2. The van der Waals surface area contributed by atoms with Gasteiger partial charge in [0, 0.05) is 6.20 Å². The molecule has 118 valence electrons. The molecule has 0 saturated carbocycles. The van der Waals surface area contributed by atoms with E-state index in [-0.39, 0.29) is 17.9 Å². The highest BCUT2D eigenvalue weighted by molar-refractivity contribution is 6.30. The van der Waals surface area contributed by atoms with Crippen LogP contribution in [-0.2, 0) is 11.2 Å². The first kappa shape index (κ1) is 15.6. The molecule has 3 rings (SSSR count). The maximum atomic E-state index is 11.0. The summed E-state index contributed by atoms with van der Waals surface area (Å²) in [5, 5.41) is 26.8. The van der Waals surface area contributed by atoms with Crippen LogP contribution in [0.5, 0.6) is 0 Å². The quantitative estimate of drug-likeness (QED) is 0.728. The number of pyridine rings is 1. The average molecular weight is 340 g/mol. The normalized spacial score (nSPS) is 11.0. The number of hydrogen-bond acceptors (Lipinski definition) is 5. The van der Waals surface area contributed by atoms with Gasteiger partial charge in [0.2, 0.25) is 0 Å². The molecule has 2 aromatic heterocycles. The number of azo groups is 1. The maximum absolute atomic E-state index is 11.0. The fourth-order valence-corrected chi connectivity index (χ4v) is 2.34. The number of carbonyl (C=O) groups is 1. The Hall–Kier alpha value is -3.24. The molecule has 0 spiro atoms. The minimum absolute atomic E-state index is 0.266. The highest BCUT2D eigenvalue weighted by Gasteiger charge is 2.15. The first-order chi connectivity index (χ1) is 11.6. The molecule has 1 N–H and O–H groups in total. The Morgan fingerprint density at radius 3 is 2.83 bits per heavy atom. The molecule has 3 aromatic rings. The van der Waals surface area contributed by atoms with E-state index in [0.29, 0.717) is 21.9 Å². The number of carboxylic acids is 1.